The summed E-state index contributed by atoms with van der Waals surface area (Å²) in [6, 6.07) is 4.69. The van der Waals surface area contributed by atoms with Crippen LogP contribution < -0.4 is 5.32 Å². The van der Waals surface area contributed by atoms with Crippen molar-refractivity contribution in [3.8, 4) is 5.75 Å². The van der Waals surface area contributed by atoms with Gasteiger partial charge in [-0.15, -0.1) is 11.6 Å². The molecule has 2 bridgehead atoms. The lowest BCUT2D eigenvalue weighted by Crippen LogP contribution is -2.43. The van der Waals surface area contributed by atoms with Gasteiger partial charge in [0, 0.05) is 17.8 Å². The third-order valence-electron chi connectivity index (χ3n) is 6.31. The Hall–Kier alpha value is -1.42. The number of carboxylic acids is 1. The Morgan fingerprint density at radius 1 is 1.36 bits per heavy atom. The number of carboxylic acid groups (broad SMARTS) is 1. The number of benzene rings is 1. The molecular formula is C17H22ClNO3. The van der Waals surface area contributed by atoms with Gasteiger partial charge in [0.05, 0.1) is 5.38 Å². The molecule has 0 amide bonds. The first-order chi connectivity index (χ1) is 10.2. The highest BCUT2D eigenvalue weighted by molar-refractivity contribution is 6.22. The van der Waals surface area contributed by atoms with Crippen LogP contribution in [0.15, 0.2) is 18.2 Å². The van der Waals surface area contributed by atoms with Gasteiger partial charge in [0.25, 0.3) is 0 Å². The van der Waals surface area contributed by atoms with Gasteiger partial charge in [-0.25, -0.2) is 4.79 Å². The maximum Gasteiger partial charge on any atom is 0.339 e. The van der Waals surface area contributed by atoms with E-state index in [0.717, 1.165) is 12.8 Å². The Balaban J connectivity index is 1.88. The number of hydrogen-bond donors (Lipinski definition) is 3. The average molecular weight is 324 g/mol. The van der Waals surface area contributed by atoms with Crippen LogP contribution in [-0.4, -0.2) is 27.6 Å². The van der Waals surface area contributed by atoms with Crippen molar-refractivity contribution in [2.45, 2.75) is 45.0 Å². The number of nitrogens with one attached hydrogen (secondary N) is 1. The fraction of sp³-hybridized carbons (Fsp3) is 0.588. The zero-order valence-corrected chi connectivity index (χ0v) is 13.8. The summed E-state index contributed by atoms with van der Waals surface area (Å²) in [5.74, 6) is -0.882. The highest BCUT2D eigenvalue weighted by Crippen LogP contribution is 2.67. The highest BCUT2D eigenvalue weighted by atomic mass is 35.5. The molecule has 0 radical (unpaired) electrons. The summed E-state index contributed by atoms with van der Waals surface area (Å²) in [4.78, 5) is 11.0. The molecule has 2 aliphatic carbocycles. The molecule has 0 spiro atoms. The monoisotopic (exact) mass is 323 g/mol. The molecule has 0 aliphatic heterocycles. The van der Waals surface area contributed by atoms with Crippen LogP contribution in [0.25, 0.3) is 0 Å². The molecule has 4 atom stereocenters. The molecule has 22 heavy (non-hydrogen) atoms. The van der Waals surface area contributed by atoms with Gasteiger partial charge >= 0.3 is 5.97 Å². The molecule has 1 aromatic rings. The molecule has 2 aliphatic rings. The molecule has 0 aromatic heterocycles. The van der Waals surface area contributed by atoms with Crippen LogP contribution in [0.4, 0.5) is 5.69 Å². The van der Waals surface area contributed by atoms with Crippen LogP contribution in [-0.2, 0) is 0 Å². The summed E-state index contributed by atoms with van der Waals surface area (Å²) in [5, 5.41) is 22.3. The summed E-state index contributed by atoms with van der Waals surface area (Å²) in [5.41, 5.74) is 0.876. The topological polar surface area (TPSA) is 69.6 Å². The van der Waals surface area contributed by atoms with E-state index in [9.17, 15) is 9.90 Å². The number of fused-ring (bicyclic) bond motifs is 2. The molecule has 2 saturated carbocycles. The van der Waals surface area contributed by atoms with E-state index in [-0.39, 0.29) is 33.6 Å². The molecule has 120 valence electrons. The number of alkyl halides is 1. The number of aromatic hydroxyl groups is 1. The predicted molar refractivity (Wildman–Crippen MR) is 86.7 cm³/mol. The predicted octanol–water partition coefficient (Wildman–Crippen LogP) is 3.93. The minimum Gasteiger partial charge on any atom is -0.507 e. The lowest BCUT2D eigenvalue weighted by atomic mass is 9.69. The van der Waals surface area contributed by atoms with Gasteiger partial charge in [-0.2, -0.15) is 0 Å². The maximum absolute atomic E-state index is 11.0. The van der Waals surface area contributed by atoms with Crippen molar-refractivity contribution in [2.24, 2.45) is 16.7 Å². The van der Waals surface area contributed by atoms with Gasteiger partial charge < -0.3 is 15.5 Å². The zero-order chi connectivity index (χ0) is 16.3. The van der Waals surface area contributed by atoms with Crippen molar-refractivity contribution >= 4 is 23.3 Å². The molecule has 4 unspecified atom stereocenters. The molecule has 0 saturated heterocycles. The van der Waals surface area contributed by atoms with Crippen LogP contribution in [0.3, 0.4) is 0 Å². The number of carbonyl (C=O) groups is 1. The van der Waals surface area contributed by atoms with Crippen LogP contribution >= 0.6 is 11.6 Å². The van der Waals surface area contributed by atoms with E-state index in [1.165, 1.54) is 12.1 Å². The highest BCUT2D eigenvalue weighted by Gasteiger charge is 2.65. The molecule has 1 aromatic carbocycles. The minimum atomic E-state index is -1.13. The van der Waals surface area contributed by atoms with Crippen molar-refractivity contribution in [3.05, 3.63) is 23.8 Å². The summed E-state index contributed by atoms with van der Waals surface area (Å²) in [6.45, 7) is 6.85. The third kappa shape index (κ3) is 1.93. The molecule has 0 heterocycles. The summed E-state index contributed by atoms with van der Waals surface area (Å²) >= 11 is 6.70. The second-order valence-corrected chi connectivity index (χ2v) is 7.89. The van der Waals surface area contributed by atoms with Crippen molar-refractivity contribution in [1.29, 1.82) is 0 Å². The summed E-state index contributed by atoms with van der Waals surface area (Å²) < 4.78 is 0. The number of rotatable bonds is 3. The first-order valence-electron chi connectivity index (χ1n) is 7.65. The molecule has 5 heteroatoms. The Labute approximate surface area is 135 Å². The molecule has 3 rings (SSSR count). The van der Waals surface area contributed by atoms with Gasteiger partial charge in [0.15, 0.2) is 0 Å². The fourth-order valence-electron chi connectivity index (χ4n) is 4.48. The second-order valence-electron chi connectivity index (χ2n) is 7.39. The summed E-state index contributed by atoms with van der Waals surface area (Å²) in [7, 11) is 0. The SMILES string of the molecule is CC1(C)C2CCC1(C)C(Nc1ccc(C(=O)O)c(O)c1)C2Cl. The van der Waals surface area contributed by atoms with E-state index in [1.807, 2.05) is 0 Å². The first kappa shape index (κ1) is 15.5. The van der Waals surface area contributed by atoms with Crippen molar-refractivity contribution in [1.82, 2.24) is 0 Å². The third-order valence-corrected chi connectivity index (χ3v) is 6.87. The molecule has 3 N–H and O–H groups in total. The van der Waals surface area contributed by atoms with E-state index in [4.69, 9.17) is 16.7 Å². The van der Waals surface area contributed by atoms with E-state index >= 15 is 0 Å². The fourth-order valence-corrected chi connectivity index (χ4v) is 5.26. The van der Waals surface area contributed by atoms with Crippen LogP contribution in [0.2, 0.25) is 0 Å². The number of hydrogen-bond acceptors (Lipinski definition) is 3. The number of aromatic carboxylic acids is 1. The van der Waals surface area contributed by atoms with Crippen molar-refractivity contribution < 1.29 is 15.0 Å². The van der Waals surface area contributed by atoms with Crippen molar-refractivity contribution in [2.75, 3.05) is 5.32 Å². The Kier molecular flexibility index (Phi) is 3.37. The standard InChI is InChI=1S/C17H22ClNO3/c1-16(2)11-6-7-17(16,3)14(13(11)18)19-9-4-5-10(15(21)22)12(20)8-9/h4-5,8,11,13-14,19-20H,6-7H2,1-3H3,(H,21,22). The lowest BCUT2D eigenvalue weighted by molar-refractivity contribution is 0.0694. The van der Waals surface area contributed by atoms with Gasteiger partial charge in [0.2, 0.25) is 0 Å². The van der Waals surface area contributed by atoms with Crippen LogP contribution in [0.5, 0.6) is 5.75 Å². The normalized spacial score (nSPS) is 35.5. The van der Waals surface area contributed by atoms with Gasteiger partial charge in [-0.1, -0.05) is 20.8 Å². The van der Waals surface area contributed by atoms with Gasteiger partial charge in [-0.05, 0) is 41.7 Å². The Morgan fingerprint density at radius 3 is 2.55 bits per heavy atom. The first-order valence-corrected chi connectivity index (χ1v) is 8.09. The lowest BCUT2D eigenvalue weighted by Gasteiger charge is -2.40. The maximum atomic E-state index is 11.0. The smallest absolute Gasteiger partial charge is 0.339 e. The van der Waals surface area contributed by atoms with Crippen molar-refractivity contribution in [3.63, 3.8) is 0 Å². The second kappa shape index (κ2) is 4.79. The van der Waals surface area contributed by atoms with Crippen LogP contribution in [0, 0.1) is 16.7 Å². The largest absolute Gasteiger partial charge is 0.507 e. The number of anilines is 1. The van der Waals surface area contributed by atoms with E-state index in [2.05, 4.69) is 26.1 Å². The Bertz CT molecular complexity index is 630. The minimum absolute atomic E-state index is 0.0371. The van der Waals surface area contributed by atoms with E-state index in [1.54, 1.807) is 6.07 Å². The van der Waals surface area contributed by atoms with Gasteiger partial charge in [0.1, 0.15) is 11.3 Å². The summed E-state index contributed by atoms with van der Waals surface area (Å²) in [6.07, 6.45) is 2.28. The van der Waals surface area contributed by atoms with E-state index < -0.39 is 5.97 Å². The quantitative estimate of drug-likeness (QED) is 0.737. The zero-order valence-electron chi connectivity index (χ0n) is 13.1. The van der Waals surface area contributed by atoms with Crippen LogP contribution in [0.1, 0.15) is 44.0 Å². The average Bonchev–Trinajstić information content (AvgIpc) is 2.72. The molecular weight excluding hydrogens is 302 g/mol. The molecule has 4 nitrogen and oxygen atoms in total. The van der Waals surface area contributed by atoms with E-state index in [0.29, 0.717) is 11.6 Å². The van der Waals surface area contributed by atoms with Gasteiger partial charge in [-0.3, -0.25) is 0 Å². The molecule has 2 fully saturated rings. The Morgan fingerprint density at radius 2 is 2.05 bits per heavy atom. The number of halogens is 1. The number of phenols is 1.